The third kappa shape index (κ3) is 2.29. The lowest BCUT2D eigenvalue weighted by atomic mass is 9.87. The van der Waals surface area contributed by atoms with Crippen LogP contribution in [0.1, 0.15) is 31.3 Å². The number of fused-ring (bicyclic) bond motifs is 3. The number of rotatable bonds is 2. The van der Waals surface area contributed by atoms with Gasteiger partial charge in [0.05, 0.1) is 12.7 Å². The molecular weight excluding hydrogens is 300 g/mol. The van der Waals surface area contributed by atoms with Gasteiger partial charge in [0.15, 0.2) is 11.0 Å². The van der Waals surface area contributed by atoms with Crippen molar-refractivity contribution in [2.75, 3.05) is 14.2 Å². The molecule has 0 fully saturated rings. The molecule has 0 saturated carbocycles. The summed E-state index contributed by atoms with van der Waals surface area (Å²) in [7, 11) is 2.99. The van der Waals surface area contributed by atoms with E-state index < -0.39 is 17.8 Å². The predicted molar refractivity (Wildman–Crippen MR) is 84.2 cm³/mol. The SMILES string of the molecule is COc1cc2c(c3oc(C)cc(=O)c13)[C@@H](OC)[C@@H](O)C(C)(C)O2. The van der Waals surface area contributed by atoms with Gasteiger partial charge in [-0.25, -0.2) is 0 Å². The van der Waals surface area contributed by atoms with Crippen molar-refractivity contribution in [2.45, 2.75) is 38.6 Å². The van der Waals surface area contributed by atoms with Gasteiger partial charge >= 0.3 is 0 Å². The molecule has 0 spiro atoms. The molecule has 0 aliphatic carbocycles. The van der Waals surface area contributed by atoms with Crippen LogP contribution in [0.4, 0.5) is 0 Å². The summed E-state index contributed by atoms with van der Waals surface area (Å²) >= 11 is 0. The highest BCUT2D eigenvalue weighted by atomic mass is 16.5. The zero-order chi connectivity index (χ0) is 16.9. The van der Waals surface area contributed by atoms with Gasteiger partial charge in [-0.15, -0.1) is 0 Å². The minimum Gasteiger partial charge on any atom is -0.496 e. The molecule has 0 amide bonds. The first kappa shape index (κ1) is 15.8. The van der Waals surface area contributed by atoms with E-state index in [2.05, 4.69) is 0 Å². The summed E-state index contributed by atoms with van der Waals surface area (Å²) in [5.41, 5.74) is -0.213. The zero-order valence-electron chi connectivity index (χ0n) is 13.8. The first-order valence-corrected chi connectivity index (χ1v) is 7.35. The molecule has 1 N–H and O–H groups in total. The summed E-state index contributed by atoms with van der Waals surface area (Å²) in [6.07, 6.45) is -1.59. The van der Waals surface area contributed by atoms with Gasteiger partial charge in [-0.2, -0.15) is 0 Å². The van der Waals surface area contributed by atoms with E-state index in [4.69, 9.17) is 18.6 Å². The van der Waals surface area contributed by atoms with E-state index in [9.17, 15) is 9.90 Å². The van der Waals surface area contributed by atoms with Crippen LogP contribution in [-0.2, 0) is 4.74 Å². The van der Waals surface area contributed by atoms with E-state index in [0.29, 0.717) is 33.8 Å². The molecule has 1 aliphatic heterocycles. The Hall–Kier alpha value is -2.05. The second kappa shape index (κ2) is 5.25. The predicted octanol–water partition coefficient (Wildman–Crippen LogP) is 2.33. The van der Waals surface area contributed by atoms with Gasteiger partial charge in [0.1, 0.15) is 40.5 Å². The molecule has 6 nitrogen and oxygen atoms in total. The summed E-state index contributed by atoms with van der Waals surface area (Å²) in [5.74, 6) is 1.31. The number of aliphatic hydroxyl groups is 1. The third-order valence-corrected chi connectivity index (χ3v) is 4.22. The highest BCUT2D eigenvalue weighted by Crippen LogP contribution is 2.47. The fraction of sp³-hybridized carbons (Fsp3) is 0.471. The van der Waals surface area contributed by atoms with Crippen molar-refractivity contribution in [1.82, 2.24) is 0 Å². The summed E-state index contributed by atoms with van der Waals surface area (Å²) in [4.78, 5) is 12.4. The molecule has 0 unspecified atom stereocenters. The Morgan fingerprint density at radius 2 is 1.96 bits per heavy atom. The molecule has 0 bridgehead atoms. The van der Waals surface area contributed by atoms with Gasteiger partial charge in [0, 0.05) is 19.2 Å². The van der Waals surface area contributed by atoms with Crippen LogP contribution in [-0.4, -0.2) is 31.0 Å². The largest absolute Gasteiger partial charge is 0.496 e. The number of aliphatic hydroxyl groups excluding tert-OH is 1. The van der Waals surface area contributed by atoms with Crippen LogP contribution in [0.2, 0.25) is 0 Å². The molecule has 0 saturated heterocycles. The van der Waals surface area contributed by atoms with Gasteiger partial charge in [-0.3, -0.25) is 4.79 Å². The lowest BCUT2D eigenvalue weighted by Crippen LogP contribution is -2.49. The van der Waals surface area contributed by atoms with Gasteiger partial charge in [-0.05, 0) is 20.8 Å². The van der Waals surface area contributed by atoms with E-state index in [0.717, 1.165) is 0 Å². The lowest BCUT2D eigenvalue weighted by Gasteiger charge is -2.41. The van der Waals surface area contributed by atoms with Crippen LogP contribution in [0.15, 0.2) is 21.3 Å². The Labute approximate surface area is 133 Å². The van der Waals surface area contributed by atoms with Crippen molar-refractivity contribution in [3.05, 3.63) is 33.7 Å². The Morgan fingerprint density at radius 1 is 1.26 bits per heavy atom. The maximum Gasteiger partial charge on any atom is 0.196 e. The van der Waals surface area contributed by atoms with Crippen molar-refractivity contribution in [1.29, 1.82) is 0 Å². The molecule has 1 aliphatic rings. The van der Waals surface area contributed by atoms with Crippen molar-refractivity contribution in [3.8, 4) is 11.5 Å². The number of benzene rings is 1. The number of methoxy groups -OCH3 is 2. The van der Waals surface area contributed by atoms with Crippen LogP contribution in [0, 0.1) is 6.92 Å². The second-order valence-electron chi connectivity index (χ2n) is 6.22. The molecule has 23 heavy (non-hydrogen) atoms. The van der Waals surface area contributed by atoms with Gasteiger partial charge in [0.25, 0.3) is 0 Å². The lowest BCUT2D eigenvalue weighted by molar-refractivity contribution is -0.123. The molecule has 2 aromatic rings. The maximum atomic E-state index is 12.4. The highest BCUT2D eigenvalue weighted by Gasteiger charge is 2.45. The average molecular weight is 320 g/mol. The molecular formula is C17H20O6. The smallest absolute Gasteiger partial charge is 0.196 e. The van der Waals surface area contributed by atoms with E-state index in [1.807, 2.05) is 0 Å². The molecule has 124 valence electrons. The molecule has 1 aromatic heterocycles. The normalized spacial score (nSPS) is 22.5. The summed E-state index contributed by atoms with van der Waals surface area (Å²) in [5, 5.41) is 10.9. The minimum absolute atomic E-state index is 0.211. The van der Waals surface area contributed by atoms with Crippen LogP contribution in [0.25, 0.3) is 11.0 Å². The minimum atomic E-state index is -0.914. The van der Waals surface area contributed by atoms with E-state index in [1.165, 1.54) is 20.3 Å². The van der Waals surface area contributed by atoms with Gasteiger partial charge < -0.3 is 23.7 Å². The third-order valence-electron chi connectivity index (χ3n) is 4.22. The number of ether oxygens (including phenoxy) is 3. The Balaban J connectivity index is 2.45. The van der Waals surface area contributed by atoms with Crippen LogP contribution in [0.3, 0.4) is 0 Å². The Bertz CT molecular complexity index is 820. The highest BCUT2D eigenvalue weighted by molar-refractivity contribution is 5.89. The van der Waals surface area contributed by atoms with Crippen molar-refractivity contribution >= 4 is 11.0 Å². The fourth-order valence-electron chi connectivity index (χ4n) is 3.04. The second-order valence-corrected chi connectivity index (χ2v) is 6.22. The topological polar surface area (TPSA) is 78.1 Å². The number of hydrogen-bond donors (Lipinski definition) is 1. The Morgan fingerprint density at radius 3 is 2.57 bits per heavy atom. The number of hydrogen-bond acceptors (Lipinski definition) is 6. The molecule has 3 rings (SSSR count). The maximum absolute atomic E-state index is 12.4. The van der Waals surface area contributed by atoms with Crippen molar-refractivity contribution in [2.24, 2.45) is 0 Å². The monoisotopic (exact) mass is 320 g/mol. The van der Waals surface area contributed by atoms with Gasteiger partial charge in [-0.1, -0.05) is 0 Å². The van der Waals surface area contributed by atoms with Crippen LogP contribution < -0.4 is 14.9 Å². The van der Waals surface area contributed by atoms with Gasteiger partial charge in [0.2, 0.25) is 0 Å². The average Bonchev–Trinajstić information content (AvgIpc) is 2.47. The van der Waals surface area contributed by atoms with Crippen LogP contribution >= 0.6 is 0 Å². The van der Waals surface area contributed by atoms with Crippen LogP contribution in [0.5, 0.6) is 11.5 Å². The molecule has 0 radical (unpaired) electrons. The first-order valence-electron chi connectivity index (χ1n) is 7.35. The summed E-state index contributed by atoms with van der Waals surface area (Å²) < 4.78 is 22.5. The van der Waals surface area contributed by atoms with E-state index in [1.54, 1.807) is 26.8 Å². The number of aryl methyl sites for hydroxylation is 1. The fourth-order valence-corrected chi connectivity index (χ4v) is 3.04. The quantitative estimate of drug-likeness (QED) is 0.915. The van der Waals surface area contributed by atoms with E-state index >= 15 is 0 Å². The molecule has 2 atom stereocenters. The molecule has 1 aromatic carbocycles. The van der Waals surface area contributed by atoms with Crippen molar-refractivity contribution in [3.63, 3.8) is 0 Å². The van der Waals surface area contributed by atoms with Crippen molar-refractivity contribution < 1.29 is 23.7 Å². The zero-order valence-corrected chi connectivity index (χ0v) is 13.8. The summed E-state index contributed by atoms with van der Waals surface area (Å²) in [6.45, 7) is 5.24. The standard InChI is InChI=1S/C17H20O6/c1-8-6-9(18)12-10(20-4)7-11-13(14(12)22-8)15(21-5)16(19)17(2,3)23-11/h6-7,15-16,19H,1-5H3/t15-,16-/m1/s1. The Kier molecular flexibility index (Phi) is 3.61. The molecule has 2 heterocycles. The molecule has 6 heteroatoms. The summed E-state index contributed by atoms with van der Waals surface area (Å²) in [6, 6.07) is 3.05. The first-order chi connectivity index (χ1) is 10.8. The van der Waals surface area contributed by atoms with E-state index in [-0.39, 0.29) is 5.43 Å².